The molecule has 0 saturated carbocycles. The highest BCUT2D eigenvalue weighted by Gasteiger charge is 2.22. The third-order valence-electron chi connectivity index (χ3n) is 7.04. The number of nitrogens with two attached hydrogens (primary N) is 1. The van der Waals surface area contributed by atoms with Gasteiger partial charge in [-0.05, 0) is 63.7 Å². The average molecular weight is 512 g/mol. The number of imidazole rings is 1. The molecular formula is C27H41N7O3. The quantitative estimate of drug-likeness (QED) is 0.317. The van der Waals surface area contributed by atoms with Gasteiger partial charge in [0.1, 0.15) is 17.9 Å². The zero-order valence-electron chi connectivity index (χ0n) is 22.2. The van der Waals surface area contributed by atoms with E-state index in [1.54, 1.807) is 4.57 Å². The SMILES string of the molecule is CCCCOc1nc(N)c2[nH]c(=O)n(CN3CCC(CCCN(C)CCOc4ccccc4)CC3)c2n1. The van der Waals surface area contributed by atoms with Crippen molar-refractivity contribution in [2.45, 2.75) is 52.1 Å². The van der Waals surface area contributed by atoms with Crippen molar-refractivity contribution in [3.05, 3.63) is 40.8 Å². The van der Waals surface area contributed by atoms with Crippen LogP contribution in [0.3, 0.4) is 0 Å². The molecule has 1 aromatic carbocycles. The third kappa shape index (κ3) is 7.69. The highest BCUT2D eigenvalue weighted by molar-refractivity contribution is 5.81. The molecule has 0 unspecified atom stereocenters. The lowest BCUT2D eigenvalue weighted by molar-refractivity contribution is 0.140. The number of nitrogens with one attached hydrogen (secondary N) is 1. The summed E-state index contributed by atoms with van der Waals surface area (Å²) >= 11 is 0. The molecule has 4 rings (SSSR count). The highest BCUT2D eigenvalue weighted by Crippen LogP contribution is 2.23. The number of piperidine rings is 1. The van der Waals surface area contributed by atoms with Crippen molar-refractivity contribution in [3.8, 4) is 11.8 Å². The van der Waals surface area contributed by atoms with Crippen LogP contribution < -0.4 is 20.9 Å². The Morgan fingerprint density at radius 1 is 1.08 bits per heavy atom. The number of likely N-dealkylation sites (tertiary alicyclic amines) is 1. The Morgan fingerprint density at radius 2 is 1.86 bits per heavy atom. The number of fused-ring (bicyclic) bond motifs is 1. The normalized spacial score (nSPS) is 15.0. The van der Waals surface area contributed by atoms with E-state index in [1.807, 2.05) is 30.3 Å². The first-order valence-electron chi connectivity index (χ1n) is 13.5. The molecule has 0 bridgehead atoms. The van der Waals surface area contributed by atoms with Gasteiger partial charge in [-0.3, -0.25) is 9.47 Å². The summed E-state index contributed by atoms with van der Waals surface area (Å²) < 4.78 is 13.1. The van der Waals surface area contributed by atoms with Crippen molar-refractivity contribution in [3.63, 3.8) is 0 Å². The van der Waals surface area contributed by atoms with Crippen molar-refractivity contribution in [1.29, 1.82) is 0 Å². The van der Waals surface area contributed by atoms with Crippen molar-refractivity contribution >= 4 is 17.0 Å². The molecule has 37 heavy (non-hydrogen) atoms. The molecule has 0 radical (unpaired) electrons. The topological polar surface area (TPSA) is 115 Å². The van der Waals surface area contributed by atoms with E-state index >= 15 is 0 Å². The van der Waals surface area contributed by atoms with Crippen LogP contribution in [-0.4, -0.2) is 75.8 Å². The number of para-hydroxylation sites is 1. The molecule has 0 amide bonds. The van der Waals surface area contributed by atoms with Crippen LogP contribution in [0.15, 0.2) is 35.1 Å². The Kier molecular flexibility index (Phi) is 9.78. The maximum atomic E-state index is 12.7. The first kappa shape index (κ1) is 26.9. The van der Waals surface area contributed by atoms with Crippen molar-refractivity contribution < 1.29 is 9.47 Å². The molecule has 10 heteroatoms. The molecule has 1 aliphatic heterocycles. The number of anilines is 1. The van der Waals surface area contributed by atoms with E-state index < -0.39 is 0 Å². The van der Waals surface area contributed by atoms with Gasteiger partial charge >= 0.3 is 11.7 Å². The second kappa shape index (κ2) is 13.4. The summed E-state index contributed by atoms with van der Waals surface area (Å²) in [5.41, 5.74) is 6.84. The predicted octanol–water partition coefficient (Wildman–Crippen LogP) is 3.34. The van der Waals surface area contributed by atoms with Crippen LogP contribution in [0.25, 0.3) is 11.2 Å². The molecule has 2 aromatic heterocycles. The van der Waals surface area contributed by atoms with Gasteiger partial charge in [0.2, 0.25) is 0 Å². The summed E-state index contributed by atoms with van der Waals surface area (Å²) in [6, 6.07) is 10.2. The fourth-order valence-electron chi connectivity index (χ4n) is 4.75. The van der Waals surface area contributed by atoms with Crippen LogP contribution in [0.5, 0.6) is 11.8 Å². The second-order valence-electron chi connectivity index (χ2n) is 9.96. The standard InChI is InChI=1S/C27H41N7O3/c1-3-4-18-37-26-30-24(28)23-25(31-26)34(27(35)29-23)20-33-15-12-21(13-16-33)9-8-14-32(2)17-19-36-22-10-6-5-7-11-22/h5-7,10-11,21H,3-4,8-9,12-20H2,1-2H3,(H,29,35)(H2,28,30,31). The summed E-state index contributed by atoms with van der Waals surface area (Å²) in [6.45, 7) is 7.74. The Morgan fingerprint density at radius 3 is 2.62 bits per heavy atom. The number of likely N-dealkylation sites (N-methyl/N-ethyl adjacent to an activating group) is 1. The van der Waals surface area contributed by atoms with Crippen molar-refractivity contribution in [1.82, 2.24) is 29.3 Å². The average Bonchev–Trinajstić information content (AvgIpc) is 3.21. The van der Waals surface area contributed by atoms with E-state index in [4.69, 9.17) is 15.2 Å². The first-order chi connectivity index (χ1) is 18.0. The Hall–Kier alpha value is -3.11. The largest absolute Gasteiger partial charge is 0.492 e. The number of aromatic amines is 1. The number of rotatable bonds is 14. The number of ether oxygens (including phenoxy) is 2. The smallest absolute Gasteiger partial charge is 0.328 e. The number of nitrogen functional groups attached to an aromatic ring is 1. The number of H-pyrrole nitrogens is 1. The first-order valence-corrected chi connectivity index (χ1v) is 13.5. The van der Waals surface area contributed by atoms with E-state index in [0.29, 0.717) is 31.0 Å². The number of unbranched alkanes of at least 4 members (excludes halogenated alkanes) is 1. The zero-order valence-corrected chi connectivity index (χ0v) is 22.2. The number of benzene rings is 1. The summed E-state index contributed by atoms with van der Waals surface area (Å²) in [5.74, 6) is 1.89. The molecule has 0 atom stereocenters. The van der Waals surface area contributed by atoms with Gasteiger partial charge in [-0.25, -0.2) is 4.79 Å². The van der Waals surface area contributed by atoms with Gasteiger partial charge in [0.05, 0.1) is 13.3 Å². The van der Waals surface area contributed by atoms with Crippen LogP contribution >= 0.6 is 0 Å². The number of nitrogens with zero attached hydrogens (tertiary/aromatic N) is 5. The van der Waals surface area contributed by atoms with E-state index in [9.17, 15) is 4.79 Å². The summed E-state index contributed by atoms with van der Waals surface area (Å²) in [5, 5.41) is 0. The van der Waals surface area contributed by atoms with Gasteiger partial charge in [-0.2, -0.15) is 9.97 Å². The molecule has 10 nitrogen and oxygen atoms in total. The predicted molar refractivity (Wildman–Crippen MR) is 146 cm³/mol. The monoisotopic (exact) mass is 511 g/mol. The molecular weight excluding hydrogens is 470 g/mol. The van der Waals surface area contributed by atoms with Crippen LogP contribution in [0, 0.1) is 5.92 Å². The van der Waals surface area contributed by atoms with Gasteiger partial charge in [-0.1, -0.05) is 31.5 Å². The molecule has 1 fully saturated rings. The molecule has 3 heterocycles. The van der Waals surface area contributed by atoms with Gasteiger partial charge in [0.15, 0.2) is 11.5 Å². The van der Waals surface area contributed by atoms with Crippen LogP contribution in [-0.2, 0) is 6.67 Å². The Balaban J connectivity index is 1.20. The Bertz CT molecular complexity index is 1160. The second-order valence-corrected chi connectivity index (χ2v) is 9.96. The van der Waals surface area contributed by atoms with Crippen LogP contribution in [0.1, 0.15) is 45.4 Å². The minimum atomic E-state index is -0.219. The zero-order chi connectivity index (χ0) is 26.0. The lowest BCUT2D eigenvalue weighted by Crippen LogP contribution is -2.37. The fraction of sp³-hybridized carbons (Fsp3) is 0.593. The lowest BCUT2D eigenvalue weighted by Gasteiger charge is -2.32. The van der Waals surface area contributed by atoms with E-state index in [-0.39, 0.29) is 17.5 Å². The summed E-state index contributed by atoms with van der Waals surface area (Å²) in [7, 11) is 2.16. The number of hydrogen-bond donors (Lipinski definition) is 2. The van der Waals surface area contributed by atoms with Gasteiger partial charge in [0.25, 0.3) is 0 Å². The summed E-state index contributed by atoms with van der Waals surface area (Å²) in [4.78, 5) is 28.8. The van der Waals surface area contributed by atoms with Crippen LogP contribution in [0.2, 0.25) is 0 Å². The lowest BCUT2D eigenvalue weighted by atomic mass is 9.92. The number of hydrogen-bond acceptors (Lipinski definition) is 8. The fourth-order valence-corrected chi connectivity index (χ4v) is 4.75. The van der Waals surface area contributed by atoms with Gasteiger partial charge < -0.3 is 25.1 Å². The maximum Gasteiger partial charge on any atom is 0.328 e. The molecule has 1 aliphatic rings. The third-order valence-corrected chi connectivity index (χ3v) is 7.04. The van der Waals surface area contributed by atoms with E-state index in [1.165, 1.54) is 12.8 Å². The van der Waals surface area contributed by atoms with Crippen LogP contribution in [0.4, 0.5) is 5.82 Å². The Labute approximate surface area is 218 Å². The minimum Gasteiger partial charge on any atom is -0.492 e. The van der Waals surface area contributed by atoms with E-state index in [2.05, 4.69) is 38.7 Å². The summed E-state index contributed by atoms with van der Waals surface area (Å²) in [6.07, 6.45) is 6.62. The minimum absolute atomic E-state index is 0.219. The van der Waals surface area contributed by atoms with E-state index in [0.717, 1.165) is 63.5 Å². The van der Waals surface area contributed by atoms with Gasteiger partial charge in [-0.15, -0.1) is 0 Å². The molecule has 3 aromatic rings. The maximum absolute atomic E-state index is 12.7. The molecule has 202 valence electrons. The van der Waals surface area contributed by atoms with Crippen molar-refractivity contribution in [2.75, 3.05) is 52.2 Å². The van der Waals surface area contributed by atoms with Gasteiger partial charge in [0, 0.05) is 19.6 Å². The molecule has 1 saturated heterocycles. The molecule has 3 N–H and O–H groups in total. The highest BCUT2D eigenvalue weighted by atomic mass is 16.5. The number of aromatic nitrogens is 4. The molecule has 0 aliphatic carbocycles. The molecule has 0 spiro atoms. The van der Waals surface area contributed by atoms with Crippen molar-refractivity contribution in [2.24, 2.45) is 5.92 Å².